The van der Waals surface area contributed by atoms with Gasteiger partial charge in [-0.3, -0.25) is 4.79 Å². The van der Waals surface area contributed by atoms with Crippen molar-refractivity contribution in [3.8, 4) is 17.1 Å². The molecule has 0 saturated heterocycles. The van der Waals surface area contributed by atoms with Crippen LogP contribution >= 0.6 is 0 Å². The number of amides is 1. The summed E-state index contributed by atoms with van der Waals surface area (Å²) in [6.07, 6.45) is 2.08. The van der Waals surface area contributed by atoms with Crippen molar-refractivity contribution in [2.24, 2.45) is 0 Å². The van der Waals surface area contributed by atoms with Gasteiger partial charge in [0.15, 0.2) is 6.61 Å². The van der Waals surface area contributed by atoms with Gasteiger partial charge >= 0.3 is 0 Å². The second kappa shape index (κ2) is 7.00. The van der Waals surface area contributed by atoms with Crippen molar-refractivity contribution < 1.29 is 14.1 Å². The van der Waals surface area contributed by atoms with E-state index in [1.54, 1.807) is 12.1 Å². The Bertz CT molecular complexity index is 914. The third-order valence-corrected chi connectivity index (χ3v) is 4.17. The first-order valence-electron chi connectivity index (χ1n) is 8.61. The van der Waals surface area contributed by atoms with Gasteiger partial charge in [0.05, 0.1) is 5.56 Å². The minimum atomic E-state index is -0.117. The summed E-state index contributed by atoms with van der Waals surface area (Å²) in [6, 6.07) is 15.3. The molecule has 6 nitrogen and oxygen atoms in total. The summed E-state index contributed by atoms with van der Waals surface area (Å²) >= 11 is 0. The molecule has 1 aliphatic carbocycles. The van der Waals surface area contributed by atoms with E-state index >= 15 is 0 Å². The molecule has 1 aromatic heterocycles. The Balaban J connectivity index is 1.44. The first kappa shape index (κ1) is 16.3. The molecule has 132 valence electrons. The molecule has 6 heteroatoms. The van der Waals surface area contributed by atoms with Crippen molar-refractivity contribution in [1.82, 2.24) is 15.5 Å². The van der Waals surface area contributed by atoms with Crippen molar-refractivity contribution in [1.29, 1.82) is 0 Å². The summed E-state index contributed by atoms with van der Waals surface area (Å²) in [5.74, 6) is 1.26. The number of nitrogens with one attached hydrogen (secondary N) is 1. The summed E-state index contributed by atoms with van der Waals surface area (Å²) in [5, 5.41) is 6.96. The van der Waals surface area contributed by atoms with Crippen molar-refractivity contribution >= 4 is 5.91 Å². The van der Waals surface area contributed by atoms with E-state index in [0.717, 1.165) is 18.4 Å². The van der Waals surface area contributed by atoms with Crippen molar-refractivity contribution in [3.05, 3.63) is 65.5 Å². The SMILES string of the molecule is Cc1ccc(-c2noc(COc3ccccc3C(=O)NC3CC3)n2)cc1. The third-order valence-electron chi connectivity index (χ3n) is 4.17. The van der Waals surface area contributed by atoms with Crippen LogP contribution in [0.25, 0.3) is 11.4 Å². The average molecular weight is 349 g/mol. The zero-order chi connectivity index (χ0) is 17.9. The monoisotopic (exact) mass is 349 g/mol. The largest absolute Gasteiger partial charge is 0.483 e. The normalized spacial score (nSPS) is 13.4. The van der Waals surface area contributed by atoms with Crippen LogP contribution in [-0.2, 0) is 6.61 Å². The molecule has 1 fully saturated rings. The standard InChI is InChI=1S/C20H19N3O3/c1-13-6-8-14(9-7-13)19-22-18(26-23-19)12-25-17-5-3-2-4-16(17)20(24)21-15-10-11-15/h2-9,15H,10-12H2,1H3,(H,21,24). The second-order valence-electron chi connectivity index (χ2n) is 6.41. The van der Waals surface area contributed by atoms with Crippen LogP contribution in [0, 0.1) is 6.92 Å². The molecule has 0 radical (unpaired) electrons. The number of benzene rings is 2. The van der Waals surface area contributed by atoms with E-state index in [0.29, 0.717) is 29.1 Å². The molecule has 0 spiro atoms. The van der Waals surface area contributed by atoms with E-state index in [-0.39, 0.29) is 12.5 Å². The molecule has 0 atom stereocenters. The van der Waals surface area contributed by atoms with Gasteiger partial charge in [-0.05, 0) is 31.9 Å². The molecule has 0 aliphatic heterocycles. The van der Waals surface area contributed by atoms with Gasteiger partial charge < -0.3 is 14.6 Å². The highest BCUT2D eigenvalue weighted by atomic mass is 16.5. The van der Waals surface area contributed by atoms with Gasteiger partial charge in [0.1, 0.15) is 5.75 Å². The maximum Gasteiger partial charge on any atom is 0.264 e. The number of ether oxygens (including phenoxy) is 1. The molecule has 1 aliphatic rings. The Hall–Kier alpha value is -3.15. The molecule has 1 amide bonds. The smallest absolute Gasteiger partial charge is 0.264 e. The van der Waals surface area contributed by atoms with Gasteiger partial charge in [-0.2, -0.15) is 4.98 Å². The van der Waals surface area contributed by atoms with E-state index in [1.165, 1.54) is 5.56 Å². The zero-order valence-electron chi connectivity index (χ0n) is 14.4. The van der Waals surface area contributed by atoms with Gasteiger partial charge in [-0.1, -0.05) is 47.1 Å². The van der Waals surface area contributed by atoms with Crippen LogP contribution in [0.5, 0.6) is 5.75 Å². The molecule has 26 heavy (non-hydrogen) atoms. The maximum atomic E-state index is 12.3. The van der Waals surface area contributed by atoms with E-state index in [9.17, 15) is 4.79 Å². The van der Waals surface area contributed by atoms with Crippen LogP contribution < -0.4 is 10.1 Å². The summed E-state index contributed by atoms with van der Waals surface area (Å²) in [4.78, 5) is 16.7. The van der Waals surface area contributed by atoms with E-state index < -0.39 is 0 Å². The van der Waals surface area contributed by atoms with E-state index in [4.69, 9.17) is 9.26 Å². The number of para-hydroxylation sites is 1. The third kappa shape index (κ3) is 3.74. The van der Waals surface area contributed by atoms with Crippen molar-refractivity contribution in [3.63, 3.8) is 0 Å². The number of hydrogen-bond donors (Lipinski definition) is 1. The van der Waals surface area contributed by atoms with Gasteiger partial charge in [-0.25, -0.2) is 0 Å². The lowest BCUT2D eigenvalue weighted by molar-refractivity contribution is 0.0945. The minimum Gasteiger partial charge on any atom is -0.483 e. The fourth-order valence-corrected chi connectivity index (χ4v) is 2.54. The average Bonchev–Trinajstić information content (AvgIpc) is 3.35. The number of aromatic nitrogens is 2. The number of carbonyl (C=O) groups excluding carboxylic acids is 1. The number of hydrogen-bond acceptors (Lipinski definition) is 5. The summed E-state index contributed by atoms with van der Waals surface area (Å²) < 4.78 is 11.0. The van der Waals surface area contributed by atoms with Gasteiger partial charge in [-0.15, -0.1) is 0 Å². The molecule has 1 heterocycles. The molecule has 3 aromatic rings. The molecule has 1 saturated carbocycles. The molecular formula is C20H19N3O3. The van der Waals surface area contributed by atoms with Crippen LogP contribution in [0.3, 0.4) is 0 Å². The Morgan fingerprint density at radius 1 is 1.19 bits per heavy atom. The van der Waals surface area contributed by atoms with Gasteiger partial charge in [0, 0.05) is 11.6 Å². The summed E-state index contributed by atoms with van der Waals surface area (Å²) in [6.45, 7) is 2.13. The van der Waals surface area contributed by atoms with Crippen LogP contribution in [-0.4, -0.2) is 22.1 Å². The Morgan fingerprint density at radius 3 is 2.73 bits per heavy atom. The lowest BCUT2D eigenvalue weighted by atomic mass is 10.1. The number of carbonyl (C=O) groups is 1. The highest BCUT2D eigenvalue weighted by Crippen LogP contribution is 2.23. The summed E-state index contributed by atoms with van der Waals surface area (Å²) in [7, 11) is 0. The molecule has 1 N–H and O–H groups in total. The summed E-state index contributed by atoms with van der Waals surface area (Å²) in [5.41, 5.74) is 2.56. The number of rotatable bonds is 6. The lowest BCUT2D eigenvalue weighted by Gasteiger charge is -2.09. The first-order chi connectivity index (χ1) is 12.7. The molecular weight excluding hydrogens is 330 g/mol. The molecule has 2 aromatic carbocycles. The lowest BCUT2D eigenvalue weighted by Crippen LogP contribution is -2.25. The van der Waals surface area contributed by atoms with E-state index in [1.807, 2.05) is 43.3 Å². The van der Waals surface area contributed by atoms with Crippen molar-refractivity contribution in [2.45, 2.75) is 32.4 Å². The van der Waals surface area contributed by atoms with Crippen LogP contribution in [0.1, 0.15) is 34.7 Å². The maximum absolute atomic E-state index is 12.3. The highest BCUT2D eigenvalue weighted by molar-refractivity contribution is 5.97. The van der Waals surface area contributed by atoms with Gasteiger partial charge in [0.2, 0.25) is 5.82 Å². The fourth-order valence-electron chi connectivity index (χ4n) is 2.54. The van der Waals surface area contributed by atoms with Crippen LogP contribution in [0.2, 0.25) is 0 Å². The minimum absolute atomic E-state index is 0.104. The fraction of sp³-hybridized carbons (Fsp3) is 0.250. The van der Waals surface area contributed by atoms with Crippen LogP contribution in [0.4, 0.5) is 0 Å². The van der Waals surface area contributed by atoms with Crippen molar-refractivity contribution in [2.75, 3.05) is 0 Å². The highest BCUT2D eigenvalue weighted by Gasteiger charge is 2.25. The predicted octanol–water partition coefficient (Wildman–Crippen LogP) is 3.52. The van der Waals surface area contributed by atoms with Crippen LogP contribution in [0.15, 0.2) is 53.1 Å². The first-order valence-corrected chi connectivity index (χ1v) is 8.61. The number of aryl methyl sites for hydroxylation is 1. The Labute approximate surface area is 151 Å². The zero-order valence-corrected chi connectivity index (χ0v) is 14.4. The second-order valence-corrected chi connectivity index (χ2v) is 6.41. The topological polar surface area (TPSA) is 77.2 Å². The quantitative estimate of drug-likeness (QED) is 0.737. The molecule has 4 rings (SSSR count). The van der Waals surface area contributed by atoms with Gasteiger partial charge in [0.25, 0.3) is 11.8 Å². The molecule has 0 unspecified atom stereocenters. The number of nitrogens with zero attached hydrogens (tertiary/aromatic N) is 2. The Morgan fingerprint density at radius 2 is 1.96 bits per heavy atom. The predicted molar refractivity (Wildman–Crippen MR) is 95.7 cm³/mol. The van der Waals surface area contributed by atoms with E-state index in [2.05, 4.69) is 15.5 Å². The Kier molecular flexibility index (Phi) is 4.39. The molecule has 0 bridgehead atoms.